The van der Waals surface area contributed by atoms with Gasteiger partial charge in [-0.25, -0.2) is 0 Å². The Morgan fingerprint density at radius 1 is 1.33 bits per heavy atom. The Kier molecular flexibility index (Phi) is 5.38. The summed E-state index contributed by atoms with van der Waals surface area (Å²) in [5.41, 5.74) is 8.41. The van der Waals surface area contributed by atoms with Gasteiger partial charge in [-0.1, -0.05) is 48.8 Å². The van der Waals surface area contributed by atoms with E-state index in [1.165, 1.54) is 5.56 Å². The molecule has 1 rings (SSSR count). The average molecular weight is 313 g/mol. The second-order valence-corrected chi connectivity index (χ2v) is 6.94. The van der Waals surface area contributed by atoms with Crippen molar-refractivity contribution >= 4 is 15.9 Å². The minimum absolute atomic E-state index is 0.290. The van der Waals surface area contributed by atoms with Crippen molar-refractivity contribution in [3.63, 3.8) is 0 Å². The molecule has 2 N–H and O–H groups in total. The summed E-state index contributed by atoms with van der Waals surface area (Å²) < 4.78 is 1.15. The number of hydrogen-bond donors (Lipinski definition) is 1. The summed E-state index contributed by atoms with van der Waals surface area (Å²) >= 11 is 3.63. The molecule has 1 aromatic rings. The molecule has 0 saturated carbocycles. The molecule has 0 aliphatic carbocycles. The van der Waals surface area contributed by atoms with Crippen LogP contribution in [0.25, 0.3) is 0 Å². The predicted molar refractivity (Wildman–Crippen MR) is 82.4 cm³/mol. The SMILES string of the molecule is CC(N(C)Cc1ccc(CN)cc1Br)C(C)(C)C. The minimum atomic E-state index is 0.290. The summed E-state index contributed by atoms with van der Waals surface area (Å²) in [6, 6.07) is 6.91. The first-order valence-corrected chi connectivity index (χ1v) is 7.22. The lowest BCUT2D eigenvalue weighted by Gasteiger charge is -2.35. The maximum atomic E-state index is 5.64. The van der Waals surface area contributed by atoms with Gasteiger partial charge in [-0.2, -0.15) is 0 Å². The minimum Gasteiger partial charge on any atom is -0.326 e. The third-order valence-electron chi connectivity index (χ3n) is 3.69. The van der Waals surface area contributed by atoms with Gasteiger partial charge in [0.05, 0.1) is 0 Å². The highest BCUT2D eigenvalue weighted by atomic mass is 79.9. The molecule has 0 aliphatic heterocycles. The molecule has 0 fully saturated rings. The van der Waals surface area contributed by atoms with Crippen molar-refractivity contribution in [3.05, 3.63) is 33.8 Å². The Labute approximate surface area is 120 Å². The van der Waals surface area contributed by atoms with E-state index in [2.05, 4.69) is 73.8 Å². The molecule has 0 saturated heterocycles. The maximum absolute atomic E-state index is 5.64. The maximum Gasteiger partial charge on any atom is 0.0244 e. The molecule has 0 heterocycles. The number of nitrogens with two attached hydrogens (primary N) is 1. The highest BCUT2D eigenvalue weighted by molar-refractivity contribution is 9.10. The van der Waals surface area contributed by atoms with Gasteiger partial charge in [-0.05, 0) is 36.6 Å². The van der Waals surface area contributed by atoms with Crippen molar-refractivity contribution in [1.29, 1.82) is 0 Å². The molecule has 3 heteroatoms. The zero-order valence-electron chi connectivity index (χ0n) is 12.1. The largest absolute Gasteiger partial charge is 0.326 e. The molecule has 1 unspecified atom stereocenters. The van der Waals surface area contributed by atoms with Crippen LogP contribution in [0.1, 0.15) is 38.8 Å². The first-order valence-electron chi connectivity index (χ1n) is 6.43. The van der Waals surface area contributed by atoms with Crippen molar-refractivity contribution in [1.82, 2.24) is 4.90 Å². The Balaban J connectivity index is 2.79. The Bertz CT molecular complexity index is 396. The Hall–Kier alpha value is -0.380. The van der Waals surface area contributed by atoms with Gasteiger partial charge >= 0.3 is 0 Å². The average Bonchev–Trinajstić information content (AvgIpc) is 2.29. The lowest BCUT2D eigenvalue weighted by molar-refractivity contribution is 0.134. The second-order valence-electron chi connectivity index (χ2n) is 6.09. The molecule has 0 spiro atoms. The van der Waals surface area contributed by atoms with Crippen molar-refractivity contribution in [2.24, 2.45) is 11.1 Å². The van der Waals surface area contributed by atoms with Gasteiger partial charge in [-0.15, -0.1) is 0 Å². The van der Waals surface area contributed by atoms with E-state index < -0.39 is 0 Å². The molecule has 0 amide bonds. The summed E-state index contributed by atoms with van der Waals surface area (Å²) in [5.74, 6) is 0. The van der Waals surface area contributed by atoms with Gasteiger partial charge in [-0.3, -0.25) is 4.90 Å². The van der Waals surface area contributed by atoms with Crippen molar-refractivity contribution in [2.75, 3.05) is 7.05 Å². The molecular weight excluding hydrogens is 288 g/mol. The highest BCUT2D eigenvalue weighted by Crippen LogP contribution is 2.26. The van der Waals surface area contributed by atoms with E-state index in [1.807, 2.05) is 0 Å². The summed E-state index contributed by atoms with van der Waals surface area (Å²) in [6.45, 7) is 10.7. The normalized spacial score (nSPS) is 14.0. The summed E-state index contributed by atoms with van der Waals surface area (Å²) in [6.07, 6.45) is 0. The van der Waals surface area contributed by atoms with Gasteiger partial charge in [0.15, 0.2) is 0 Å². The van der Waals surface area contributed by atoms with Gasteiger partial charge in [0.1, 0.15) is 0 Å². The molecule has 0 aliphatic rings. The first kappa shape index (κ1) is 15.7. The Morgan fingerprint density at radius 3 is 2.39 bits per heavy atom. The zero-order chi connectivity index (χ0) is 13.9. The van der Waals surface area contributed by atoms with Crippen molar-refractivity contribution < 1.29 is 0 Å². The van der Waals surface area contributed by atoms with E-state index in [0.29, 0.717) is 18.0 Å². The van der Waals surface area contributed by atoms with Crippen LogP contribution in [0.2, 0.25) is 0 Å². The molecule has 0 radical (unpaired) electrons. The Morgan fingerprint density at radius 2 is 1.94 bits per heavy atom. The fourth-order valence-corrected chi connectivity index (χ4v) is 2.46. The fraction of sp³-hybridized carbons (Fsp3) is 0.600. The van der Waals surface area contributed by atoms with Crippen LogP contribution in [0, 0.1) is 5.41 Å². The molecule has 1 atom stereocenters. The van der Waals surface area contributed by atoms with E-state index in [0.717, 1.165) is 16.6 Å². The van der Waals surface area contributed by atoms with E-state index in [9.17, 15) is 0 Å². The fourth-order valence-electron chi connectivity index (χ4n) is 1.91. The molecular formula is C15H25BrN2. The van der Waals surface area contributed by atoms with Gasteiger partial charge in [0.2, 0.25) is 0 Å². The number of halogens is 1. The van der Waals surface area contributed by atoms with Crippen LogP contribution in [0.4, 0.5) is 0 Å². The van der Waals surface area contributed by atoms with Crippen molar-refractivity contribution in [3.8, 4) is 0 Å². The standard InChI is InChI=1S/C15H25BrN2/c1-11(15(2,3)4)18(5)10-13-7-6-12(9-17)8-14(13)16/h6-8,11H,9-10,17H2,1-5H3. The van der Waals surface area contributed by atoms with Crippen LogP contribution in [0.5, 0.6) is 0 Å². The number of nitrogens with zero attached hydrogens (tertiary/aromatic N) is 1. The van der Waals surface area contributed by atoms with E-state index in [-0.39, 0.29) is 0 Å². The van der Waals surface area contributed by atoms with E-state index in [1.54, 1.807) is 0 Å². The van der Waals surface area contributed by atoms with Crippen LogP contribution in [-0.2, 0) is 13.1 Å². The smallest absolute Gasteiger partial charge is 0.0244 e. The van der Waals surface area contributed by atoms with Crippen LogP contribution >= 0.6 is 15.9 Å². The van der Waals surface area contributed by atoms with Crippen molar-refractivity contribution in [2.45, 2.75) is 46.8 Å². The van der Waals surface area contributed by atoms with Crippen LogP contribution in [0.3, 0.4) is 0 Å². The second kappa shape index (κ2) is 6.18. The number of hydrogen-bond acceptors (Lipinski definition) is 2. The lowest BCUT2D eigenvalue weighted by Crippen LogP contribution is -2.38. The molecule has 102 valence electrons. The quantitative estimate of drug-likeness (QED) is 0.917. The molecule has 2 nitrogen and oxygen atoms in total. The monoisotopic (exact) mass is 312 g/mol. The van der Waals surface area contributed by atoms with Gasteiger partial charge in [0, 0.05) is 23.6 Å². The zero-order valence-corrected chi connectivity index (χ0v) is 13.7. The van der Waals surface area contributed by atoms with Gasteiger partial charge in [0.25, 0.3) is 0 Å². The molecule has 18 heavy (non-hydrogen) atoms. The third-order valence-corrected chi connectivity index (χ3v) is 4.43. The molecule has 0 bridgehead atoms. The van der Waals surface area contributed by atoms with Crippen LogP contribution in [-0.4, -0.2) is 18.0 Å². The number of benzene rings is 1. The highest BCUT2D eigenvalue weighted by Gasteiger charge is 2.24. The van der Waals surface area contributed by atoms with E-state index >= 15 is 0 Å². The molecule has 0 aromatic heterocycles. The topological polar surface area (TPSA) is 29.3 Å². The summed E-state index contributed by atoms with van der Waals surface area (Å²) in [7, 11) is 2.18. The van der Waals surface area contributed by atoms with Crippen LogP contribution in [0.15, 0.2) is 22.7 Å². The summed E-state index contributed by atoms with van der Waals surface area (Å²) in [4.78, 5) is 2.39. The third kappa shape index (κ3) is 4.08. The van der Waals surface area contributed by atoms with Crippen LogP contribution < -0.4 is 5.73 Å². The van der Waals surface area contributed by atoms with Gasteiger partial charge < -0.3 is 5.73 Å². The van der Waals surface area contributed by atoms with E-state index in [4.69, 9.17) is 5.73 Å². The molecule has 1 aromatic carbocycles. The summed E-state index contributed by atoms with van der Waals surface area (Å²) in [5, 5.41) is 0. The first-order chi connectivity index (χ1) is 8.25. The number of rotatable bonds is 4. The predicted octanol–water partition coefficient (Wildman–Crippen LogP) is 3.77. The lowest BCUT2D eigenvalue weighted by atomic mass is 9.87.